The van der Waals surface area contributed by atoms with Crippen molar-refractivity contribution in [1.82, 2.24) is 15.1 Å². The third kappa shape index (κ3) is 4.90. The second kappa shape index (κ2) is 7.49. The second-order valence-electron chi connectivity index (χ2n) is 4.99. The maximum absolute atomic E-state index is 4.21. The summed E-state index contributed by atoms with van der Waals surface area (Å²) in [6, 6.07) is 0.402. The molecule has 1 aromatic heterocycles. The Balaban J connectivity index is 2.33. The predicted octanol–water partition coefficient (Wildman–Crippen LogP) is 3.29. The number of nitrogens with one attached hydrogen (secondary N) is 1. The van der Waals surface area contributed by atoms with E-state index < -0.39 is 0 Å². The van der Waals surface area contributed by atoms with E-state index in [0.29, 0.717) is 6.04 Å². The maximum atomic E-state index is 4.21. The first kappa shape index (κ1) is 14.2. The summed E-state index contributed by atoms with van der Waals surface area (Å²) in [5.74, 6) is 0.814. The van der Waals surface area contributed by atoms with Gasteiger partial charge in [0.15, 0.2) is 0 Å². The van der Waals surface area contributed by atoms with Crippen LogP contribution in [0, 0.1) is 5.92 Å². The van der Waals surface area contributed by atoms with E-state index in [1.165, 1.54) is 31.2 Å². The summed E-state index contributed by atoms with van der Waals surface area (Å²) >= 11 is 0. The number of unbranched alkanes of at least 4 members (excludes halogenated alkanes) is 1. The average Bonchev–Trinajstić information content (AvgIpc) is 2.76. The first-order valence-electron chi connectivity index (χ1n) is 6.89. The van der Waals surface area contributed by atoms with Gasteiger partial charge in [0.1, 0.15) is 0 Å². The van der Waals surface area contributed by atoms with Gasteiger partial charge in [0.25, 0.3) is 0 Å². The van der Waals surface area contributed by atoms with E-state index >= 15 is 0 Å². The van der Waals surface area contributed by atoms with E-state index in [-0.39, 0.29) is 0 Å². The standard InChI is InChI=1S/C14H27N3/c1-5-7-8-13(6-2)9-15-12(3)14-10-16-17(4)11-14/h10-13,15H,5-9H2,1-4H3. The number of nitrogens with zero attached hydrogens (tertiary/aromatic N) is 2. The fourth-order valence-corrected chi connectivity index (χ4v) is 2.07. The highest BCUT2D eigenvalue weighted by Crippen LogP contribution is 2.15. The van der Waals surface area contributed by atoms with Crippen LogP contribution in [-0.2, 0) is 7.05 Å². The van der Waals surface area contributed by atoms with E-state index in [2.05, 4.69) is 37.4 Å². The molecule has 0 radical (unpaired) electrons. The molecule has 0 fully saturated rings. The molecule has 2 unspecified atom stereocenters. The molecule has 0 saturated carbocycles. The number of hydrogen-bond acceptors (Lipinski definition) is 2. The van der Waals surface area contributed by atoms with Gasteiger partial charge < -0.3 is 5.32 Å². The molecular formula is C14H27N3. The molecule has 1 heterocycles. The topological polar surface area (TPSA) is 29.9 Å². The monoisotopic (exact) mass is 237 g/mol. The van der Waals surface area contributed by atoms with Crippen LogP contribution in [0.15, 0.2) is 12.4 Å². The lowest BCUT2D eigenvalue weighted by Crippen LogP contribution is -2.25. The van der Waals surface area contributed by atoms with Crippen molar-refractivity contribution in [3.05, 3.63) is 18.0 Å². The molecule has 0 saturated heterocycles. The minimum Gasteiger partial charge on any atom is -0.310 e. The molecule has 3 heteroatoms. The van der Waals surface area contributed by atoms with Crippen LogP contribution in [0.3, 0.4) is 0 Å². The zero-order valence-electron chi connectivity index (χ0n) is 11.7. The molecule has 0 bridgehead atoms. The minimum atomic E-state index is 0.402. The van der Waals surface area contributed by atoms with Crippen LogP contribution in [0.5, 0.6) is 0 Å². The number of hydrogen-bond donors (Lipinski definition) is 1. The van der Waals surface area contributed by atoms with Gasteiger partial charge in [-0.2, -0.15) is 5.10 Å². The van der Waals surface area contributed by atoms with Crippen molar-refractivity contribution in [1.29, 1.82) is 0 Å². The maximum Gasteiger partial charge on any atom is 0.0537 e. The van der Waals surface area contributed by atoms with Crippen LogP contribution >= 0.6 is 0 Å². The zero-order valence-corrected chi connectivity index (χ0v) is 11.7. The molecule has 0 amide bonds. The predicted molar refractivity (Wildman–Crippen MR) is 72.9 cm³/mol. The first-order chi connectivity index (χ1) is 8.17. The van der Waals surface area contributed by atoms with Gasteiger partial charge in [-0.15, -0.1) is 0 Å². The molecule has 1 aromatic rings. The highest BCUT2D eigenvalue weighted by molar-refractivity contribution is 5.08. The highest BCUT2D eigenvalue weighted by atomic mass is 15.2. The molecule has 0 aliphatic rings. The van der Waals surface area contributed by atoms with Gasteiger partial charge in [-0.3, -0.25) is 4.68 Å². The Morgan fingerprint density at radius 3 is 2.71 bits per heavy atom. The van der Waals surface area contributed by atoms with Crippen LogP contribution in [0.2, 0.25) is 0 Å². The quantitative estimate of drug-likeness (QED) is 0.752. The van der Waals surface area contributed by atoms with E-state index in [1.807, 2.05) is 17.9 Å². The third-order valence-corrected chi connectivity index (χ3v) is 3.48. The molecule has 3 nitrogen and oxygen atoms in total. The highest BCUT2D eigenvalue weighted by Gasteiger charge is 2.10. The van der Waals surface area contributed by atoms with Crippen LogP contribution in [0.4, 0.5) is 0 Å². The molecule has 1 rings (SSSR count). The van der Waals surface area contributed by atoms with Crippen molar-refractivity contribution in [3.63, 3.8) is 0 Å². The van der Waals surface area contributed by atoms with Crippen molar-refractivity contribution in [3.8, 4) is 0 Å². The summed E-state index contributed by atoms with van der Waals surface area (Å²) in [5, 5.41) is 7.83. The zero-order chi connectivity index (χ0) is 12.7. The van der Waals surface area contributed by atoms with Crippen molar-refractivity contribution in [2.75, 3.05) is 6.54 Å². The summed E-state index contributed by atoms with van der Waals surface area (Å²) in [5.41, 5.74) is 1.28. The van der Waals surface area contributed by atoms with Crippen LogP contribution in [0.1, 0.15) is 58.1 Å². The summed E-state index contributed by atoms with van der Waals surface area (Å²) in [6.45, 7) is 7.88. The lowest BCUT2D eigenvalue weighted by Gasteiger charge is -2.18. The minimum absolute atomic E-state index is 0.402. The first-order valence-corrected chi connectivity index (χ1v) is 6.89. The second-order valence-corrected chi connectivity index (χ2v) is 4.99. The molecule has 98 valence electrons. The molecule has 0 aliphatic carbocycles. The van der Waals surface area contributed by atoms with Gasteiger partial charge in [-0.1, -0.05) is 33.1 Å². The Bertz CT molecular complexity index is 306. The normalized spacial score (nSPS) is 14.8. The van der Waals surface area contributed by atoms with Gasteiger partial charge in [0.2, 0.25) is 0 Å². The molecule has 0 aliphatic heterocycles. The van der Waals surface area contributed by atoms with Crippen molar-refractivity contribution < 1.29 is 0 Å². The van der Waals surface area contributed by atoms with Crippen molar-refractivity contribution in [2.24, 2.45) is 13.0 Å². The fraction of sp³-hybridized carbons (Fsp3) is 0.786. The van der Waals surface area contributed by atoms with Gasteiger partial charge in [-0.25, -0.2) is 0 Å². The molecule has 2 atom stereocenters. The SMILES string of the molecule is CCCCC(CC)CNC(C)c1cnn(C)c1. The van der Waals surface area contributed by atoms with E-state index in [4.69, 9.17) is 0 Å². The Labute approximate surface area is 106 Å². The van der Waals surface area contributed by atoms with E-state index in [0.717, 1.165) is 12.5 Å². The average molecular weight is 237 g/mol. The molecule has 1 N–H and O–H groups in total. The van der Waals surface area contributed by atoms with E-state index in [1.54, 1.807) is 0 Å². The number of rotatable bonds is 8. The lowest BCUT2D eigenvalue weighted by molar-refractivity contribution is 0.398. The summed E-state index contributed by atoms with van der Waals surface area (Å²) in [7, 11) is 1.96. The van der Waals surface area contributed by atoms with Crippen LogP contribution in [0.25, 0.3) is 0 Å². The Morgan fingerprint density at radius 2 is 2.18 bits per heavy atom. The van der Waals surface area contributed by atoms with Crippen LogP contribution < -0.4 is 5.32 Å². The van der Waals surface area contributed by atoms with E-state index in [9.17, 15) is 0 Å². The van der Waals surface area contributed by atoms with Gasteiger partial charge in [0.05, 0.1) is 6.20 Å². The third-order valence-electron chi connectivity index (χ3n) is 3.48. The Kier molecular flexibility index (Phi) is 6.27. The smallest absolute Gasteiger partial charge is 0.0537 e. The number of aryl methyl sites for hydroxylation is 1. The molecular weight excluding hydrogens is 210 g/mol. The van der Waals surface area contributed by atoms with Gasteiger partial charge in [-0.05, 0) is 25.8 Å². The van der Waals surface area contributed by atoms with Crippen LogP contribution in [-0.4, -0.2) is 16.3 Å². The lowest BCUT2D eigenvalue weighted by atomic mass is 9.99. The summed E-state index contributed by atoms with van der Waals surface area (Å²) < 4.78 is 1.86. The summed E-state index contributed by atoms with van der Waals surface area (Å²) in [6.07, 6.45) is 9.30. The largest absolute Gasteiger partial charge is 0.310 e. The van der Waals surface area contributed by atoms with Crippen molar-refractivity contribution in [2.45, 2.75) is 52.5 Å². The fourth-order valence-electron chi connectivity index (χ4n) is 2.07. The number of aromatic nitrogens is 2. The van der Waals surface area contributed by atoms with Gasteiger partial charge in [0, 0.05) is 24.8 Å². The van der Waals surface area contributed by atoms with Gasteiger partial charge >= 0.3 is 0 Å². The molecule has 17 heavy (non-hydrogen) atoms. The summed E-state index contributed by atoms with van der Waals surface area (Å²) in [4.78, 5) is 0. The molecule has 0 spiro atoms. The Morgan fingerprint density at radius 1 is 1.41 bits per heavy atom. The molecule has 0 aromatic carbocycles. The Hall–Kier alpha value is -0.830. The van der Waals surface area contributed by atoms with Crippen molar-refractivity contribution >= 4 is 0 Å².